The van der Waals surface area contributed by atoms with Crippen LogP contribution in [0.1, 0.15) is 28.8 Å². The fourth-order valence-electron chi connectivity index (χ4n) is 1.84. The fourth-order valence-corrected chi connectivity index (χ4v) is 2.76. The van der Waals surface area contributed by atoms with Gasteiger partial charge in [-0.25, -0.2) is 4.98 Å². The zero-order chi connectivity index (χ0) is 13.1. The molecule has 2 atom stereocenters. The normalized spacial score (nSPS) is 18.4. The number of carbonyl (C=O) groups is 1. The van der Waals surface area contributed by atoms with E-state index in [-0.39, 0.29) is 18.6 Å². The summed E-state index contributed by atoms with van der Waals surface area (Å²) in [4.78, 5) is 17.4. The Morgan fingerprint density at radius 1 is 1.72 bits per heavy atom. The average Bonchev–Trinajstić information content (AvgIpc) is 3.08. The Morgan fingerprint density at radius 2 is 2.44 bits per heavy atom. The van der Waals surface area contributed by atoms with Gasteiger partial charge in [-0.15, -0.1) is 11.3 Å². The van der Waals surface area contributed by atoms with Crippen molar-refractivity contribution in [3.63, 3.8) is 0 Å². The van der Waals surface area contributed by atoms with Gasteiger partial charge >= 0.3 is 0 Å². The molecule has 2 unspecified atom stereocenters. The van der Waals surface area contributed by atoms with E-state index in [9.17, 15) is 4.79 Å². The molecule has 1 aromatic rings. The fraction of sp³-hybridized carbons (Fsp3) is 0.667. The lowest BCUT2D eigenvalue weighted by atomic mass is 10.2. The standard InChI is InChI=1S/C12H19N3O2S/c1-7-5-14-12(18-7)10(8-3-4-8)15-11(16)9(13)6-17-2/h5,8-10H,3-4,6,13H2,1-2H3,(H,15,16). The molecule has 1 aromatic heterocycles. The number of methoxy groups -OCH3 is 1. The number of nitrogens with one attached hydrogen (secondary N) is 1. The van der Waals surface area contributed by atoms with Crippen LogP contribution in [0.2, 0.25) is 0 Å². The summed E-state index contributed by atoms with van der Waals surface area (Å²) >= 11 is 1.63. The number of aryl methyl sites for hydroxylation is 1. The van der Waals surface area contributed by atoms with Gasteiger partial charge in [0, 0.05) is 18.2 Å². The second kappa shape index (κ2) is 5.77. The number of carbonyl (C=O) groups excluding carboxylic acids is 1. The highest BCUT2D eigenvalue weighted by Gasteiger charge is 2.35. The number of ether oxygens (including phenoxy) is 1. The zero-order valence-electron chi connectivity index (χ0n) is 10.7. The highest BCUT2D eigenvalue weighted by atomic mass is 32.1. The van der Waals surface area contributed by atoms with E-state index in [0.717, 1.165) is 22.7 Å². The first-order valence-corrected chi connectivity index (χ1v) is 6.90. The van der Waals surface area contributed by atoms with Crippen LogP contribution in [0.25, 0.3) is 0 Å². The van der Waals surface area contributed by atoms with E-state index in [1.54, 1.807) is 11.3 Å². The minimum atomic E-state index is -0.614. The van der Waals surface area contributed by atoms with Crippen LogP contribution in [0.4, 0.5) is 0 Å². The molecular weight excluding hydrogens is 250 g/mol. The largest absolute Gasteiger partial charge is 0.383 e. The number of aromatic nitrogens is 1. The van der Waals surface area contributed by atoms with Gasteiger partial charge in [0.1, 0.15) is 11.0 Å². The van der Waals surface area contributed by atoms with Gasteiger partial charge in [-0.05, 0) is 25.7 Å². The molecule has 0 bridgehead atoms. The molecule has 1 saturated carbocycles. The molecule has 100 valence electrons. The van der Waals surface area contributed by atoms with Crippen LogP contribution in [-0.2, 0) is 9.53 Å². The number of rotatable bonds is 6. The van der Waals surface area contributed by atoms with Crippen molar-refractivity contribution in [1.82, 2.24) is 10.3 Å². The third-order valence-corrected chi connectivity index (χ3v) is 3.98. The molecule has 2 rings (SSSR count). The SMILES string of the molecule is COCC(N)C(=O)NC(c1ncc(C)s1)C1CC1. The highest BCUT2D eigenvalue weighted by Crippen LogP contribution is 2.42. The van der Waals surface area contributed by atoms with E-state index in [0.29, 0.717) is 5.92 Å². The molecule has 1 aliphatic carbocycles. The predicted octanol–water partition coefficient (Wildman–Crippen LogP) is 0.993. The van der Waals surface area contributed by atoms with E-state index in [2.05, 4.69) is 10.3 Å². The van der Waals surface area contributed by atoms with E-state index >= 15 is 0 Å². The van der Waals surface area contributed by atoms with Crippen LogP contribution in [-0.4, -0.2) is 30.6 Å². The lowest BCUT2D eigenvalue weighted by molar-refractivity contribution is -0.124. The van der Waals surface area contributed by atoms with Crippen molar-refractivity contribution < 1.29 is 9.53 Å². The number of hydrogen-bond acceptors (Lipinski definition) is 5. The van der Waals surface area contributed by atoms with Crippen LogP contribution in [0.3, 0.4) is 0 Å². The minimum absolute atomic E-state index is 0.0131. The van der Waals surface area contributed by atoms with Crippen LogP contribution in [0, 0.1) is 12.8 Å². The summed E-state index contributed by atoms with van der Waals surface area (Å²) in [5.74, 6) is 0.343. The lowest BCUT2D eigenvalue weighted by Crippen LogP contribution is -2.45. The molecule has 18 heavy (non-hydrogen) atoms. The van der Waals surface area contributed by atoms with E-state index < -0.39 is 6.04 Å². The van der Waals surface area contributed by atoms with Crippen molar-refractivity contribution >= 4 is 17.2 Å². The first-order chi connectivity index (χ1) is 8.61. The molecule has 0 spiro atoms. The van der Waals surface area contributed by atoms with Gasteiger partial charge in [-0.2, -0.15) is 0 Å². The maximum Gasteiger partial charge on any atom is 0.239 e. The summed E-state index contributed by atoms with van der Waals surface area (Å²) in [6, 6.07) is -0.601. The Kier molecular flexibility index (Phi) is 4.31. The second-order valence-electron chi connectivity index (χ2n) is 4.69. The summed E-state index contributed by atoms with van der Waals surface area (Å²) in [6.07, 6.45) is 4.13. The van der Waals surface area contributed by atoms with Gasteiger partial charge in [-0.3, -0.25) is 4.79 Å². The third kappa shape index (κ3) is 3.28. The number of amides is 1. The molecule has 1 aliphatic rings. The average molecular weight is 269 g/mol. The molecule has 1 amide bonds. The van der Waals surface area contributed by atoms with Gasteiger partial charge in [0.25, 0.3) is 0 Å². The summed E-state index contributed by atoms with van der Waals surface area (Å²) < 4.78 is 4.89. The molecule has 0 saturated heterocycles. The maximum absolute atomic E-state index is 11.9. The van der Waals surface area contributed by atoms with E-state index in [1.807, 2.05) is 13.1 Å². The van der Waals surface area contributed by atoms with Crippen molar-refractivity contribution in [2.24, 2.45) is 11.7 Å². The molecular formula is C12H19N3O2S. The number of nitrogens with two attached hydrogens (primary N) is 1. The Bertz CT molecular complexity index is 417. The van der Waals surface area contributed by atoms with Gasteiger partial charge in [0.2, 0.25) is 5.91 Å². The Morgan fingerprint density at radius 3 is 2.94 bits per heavy atom. The first kappa shape index (κ1) is 13.5. The Labute approximate surface area is 111 Å². The van der Waals surface area contributed by atoms with Gasteiger partial charge in [0.05, 0.1) is 12.6 Å². The summed E-state index contributed by atoms with van der Waals surface area (Å²) in [6.45, 7) is 2.25. The van der Waals surface area contributed by atoms with E-state index in [4.69, 9.17) is 10.5 Å². The molecule has 0 radical (unpaired) electrons. The van der Waals surface area contributed by atoms with Gasteiger partial charge < -0.3 is 15.8 Å². The van der Waals surface area contributed by atoms with Gasteiger partial charge in [0.15, 0.2) is 0 Å². The van der Waals surface area contributed by atoms with Crippen molar-refractivity contribution in [1.29, 1.82) is 0 Å². The highest BCUT2D eigenvalue weighted by molar-refractivity contribution is 7.11. The zero-order valence-corrected chi connectivity index (χ0v) is 11.5. The number of nitrogens with zero attached hydrogens (tertiary/aromatic N) is 1. The number of thiazole rings is 1. The van der Waals surface area contributed by atoms with Crippen LogP contribution < -0.4 is 11.1 Å². The predicted molar refractivity (Wildman–Crippen MR) is 70.3 cm³/mol. The lowest BCUT2D eigenvalue weighted by Gasteiger charge is -2.18. The second-order valence-corrected chi connectivity index (χ2v) is 5.96. The van der Waals surface area contributed by atoms with E-state index in [1.165, 1.54) is 7.11 Å². The molecule has 5 nitrogen and oxygen atoms in total. The molecule has 6 heteroatoms. The third-order valence-electron chi connectivity index (χ3n) is 2.98. The molecule has 0 aliphatic heterocycles. The quantitative estimate of drug-likeness (QED) is 0.807. The summed E-state index contributed by atoms with van der Waals surface area (Å²) in [7, 11) is 1.54. The summed E-state index contributed by atoms with van der Waals surface area (Å²) in [5.41, 5.74) is 5.73. The first-order valence-electron chi connectivity index (χ1n) is 6.09. The van der Waals surface area contributed by atoms with Crippen molar-refractivity contribution in [2.45, 2.75) is 31.8 Å². The molecule has 3 N–H and O–H groups in total. The summed E-state index contributed by atoms with van der Waals surface area (Å²) in [5, 5.41) is 3.98. The molecule has 1 heterocycles. The molecule has 0 aromatic carbocycles. The minimum Gasteiger partial charge on any atom is -0.383 e. The maximum atomic E-state index is 11.9. The van der Waals surface area contributed by atoms with Crippen molar-refractivity contribution in [3.05, 3.63) is 16.1 Å². The molecule has 1 fully saturated rings. The van der Waals surface area contributed by atoms with Gasteiger partial charge in [-0.1, -0.05) is 0 Å². The van der Waals surface area contributed by atoms with Crippen LogP contribution in [0.5, 0.6) is 0 Å². The van der Waals surface area contributed by atoms with Crippen molar-refractivity contribution in [2.75, 3.05) is 13.7 Å². The van der Waals surface area contributed by atoms with Crippen molar-refractivity contribution in [3.8, 4) is 0 Å². The Hall–Kier alpha value is -0.980. The Balaban J connectivity index is 2.01. The van der Waals surface area contributed by atoms with Crippen LogP contribution >= 0.6 is 11.3 Å². The monoisotopic (exact) mass is 269 g/mol. The smallest absolute Gasteiger partial charge is 0.239 e. The van der Waals surface area contributed by atoms with Crippen LogP contribution in [0.15, 0.2) is 6.20 Å². The number of hydrogen-bond donors (Lipinski definition) is 2. The topological polar surface area (TPSA) is 77.2 Å².